The zero-order valence-electron chi connectivity index (χ0n) is 30.5. The van der Waals surface area contributed by atoms with Crippen molar-refractivity contribution in [2.75, 3.05) is 39.3 Å². The van der Waals surface area contributed by atoms with Gasteiger partial charge in [0.15, 0.2) is 6.29 Å². The topological polar surface area (TPSA) is 94.9 Å². The molecule has 9 nitrogen and oxygen atoms in total. The normalized spacial score (nSPS) is 50.3. The Morgan fingerprint density at radius 2 is 1.77 bits per heavy atom. The first-order valence-corrected chi connectivity index (χ1v) is 19.1. The molecule has 0 aromatic rings. The molecule has 0 aromatic carbocycles. The number of likely N-dealkylation sites (tertiary alicyclic amines) is 1. The number of fused-ring (bicyclic) bond motifs is 4. The van der Waals surface area contributed by atoms with Gasteiger partial charge in [-0.05, 0) is 120 Å². The lowest BCUT2D eigenvalue weighted by Gasteiger charge is -2.64. The third kappa shape index (κ3) is 4.54. The van der Waals surface area contributed by atoms with Crippen molar-refractivity contribution in [1.29, 1.82) is 0 Å². The quantitative estimate of drug-likeness (QED) is 0.458. The Hall–Kier alpha value is -0.810. The summed E-state index contributed by atoms with van der Waals surface area (Å²) in [5.74, 6) is 1.82. The van der Waals surface area contributed by atoms with E-state index < -0.39 is 11.7 Å². The number of aliphatic hydroxyl groups excluding tert-OH is 1. The van der Waals surface area contributed by atoms with Gasteiger partial charge < -0.3 is 29.3 Å². The summed E-state index contributed by atoms with van der Waals surface area (Å²) < 4.78 is 19.9. The molecule has 4 unspecified atom stereocenters. The zero-order valence-corrected chi connectivity index (χ0v) is 30.5. The smallest absolute Gasteiger partial charge is 0.219 e. The van der Waals surface area contributed by atoms with Crippen molar-refractivity contribution in [2.24, 2.45) is 34.0 Å². The van der Waals surface area contributed by atoms with E-state index in [1.807, 2.05) is 4.90 Å². The Morgan fingerprint density at radius 3 is 2.47 bits per heavy atom. The van der Waals surface area contributed by atoms with Crippen LogP contribution in [-0.2, 0) is 19.0 Å². The fourth-order valence-corrected chi connectivity index (χ4v) is 13.7. The predicted octanol–water partition coefficient (Wildman–Crippen LogP) is 4.04. The van der Waals surface area contributed by atoms with E-state index in [-0.39, 0.29) is 52.4 Å². The standard InChI is InChI=1S/C38H63N3O6/c1-23-17-26(32(43)34(5,6)44)46-27-18-36(8)28-10-14-41-33(3,4)29(9-11-38(41)22-37(28,38)13-12-35(36,7)31(23)27)47-30-21-39(15-16-45-30)25-19-40(20-25)24(2)42/h23,25-32,43-44H,9-22H2,1-8H3/t23-,26?,27?,28+,29+,30?,31?,32+,35-,36+,37+,38+/m1/s1. The van der Waals surface area contributed by atoms with Crippen molar-refractivity contribution < 1.29 is 29.2 Å². The van der Waals surface area contributed by atoms with Gasteiger partial charge >= 0.3 is 0 Å². The number of ether oxygens (including phenoxy) is 3. The van der Waals surface area contributed by atoms with Crippen LogP contribution in [0.5, 0.6) is 0 Å². The molecule has 5 heterocycles. The van der Waals surface area contributed by atoms with Gasteiger partial charge in [-0.3, -0.25) is 14.6 Å². The minimum atomic E-state index is -1.17. The summed E-state index contributed by atoms with van der Waals surface area (Å²) in [7, 11) is 0. The number of morpholine rings is 1. The molecule has 8 fully saturated rings. The molecular formula is C38H63N3O6. The van der Waals surface area contributed by atoms with Crippen LogP contribution in [-0.4, -0.2) is 124 Å². The summed E-state index contributed by atoms with van der Waals surface area (Å²) in [5, 5.41) is 21.7. The molecule has 3 aliphatic carbocycles. The van der Waals surface area contributed by atoms with Crippen LogP contribution in [0.4, 0.5) is 0 Å². The van der Waals surface area contributed by atoms with Crippen molar-refractivity contribution >= 4 is 5.91 Å². The highest BCUT2D eigenvalue weighted by Crippen LogP contribution is 2.84. The molecule has 266 valence electrons. The van der Waals surface area contributed by atoms with E-state index in [4.69, 9.17) is 14.2 Å². The Morgan fingerprint density at radius 1 is 1.02 bits per heavy atom. The van der Waals surface area contributed by atoms with Gasteiger partial charge in [-0.2, -0.15) is 0 Å². The second kappa shape index (κ2) is 10.6. The molecule has 5 aliphatic heterocycles. The largest absolute Gasteiger partial charge is 0.388 e. The summed E-state index contributed by atoms with van der Waals surface area (Å²) in [4.78, 5) is 19.0. The molecule has 47 heavy (non-hydrogen) atoms. The first-order valence-electron chi connectivity index (χ1n) is 19.1. The van der Waals surface area contributed by atoms with Crippen molar-refractivity contribution in [3.8, 4) is 0 Å². The molecule has 12 atom stereocenters. The van der Waals surface area contributed by atoms with Gasteiger partial charge in [0.05, 0.1) is 37.1 Å². The Balaban J connectivity index is 0.974. The SMILES string of the molecule is CC(=O)N1CC(N2CCOC(O[C@H]3CC[C@]45C[C@]46CC[C@]4(C)C7C(C[C@@]4(C)[C@@H]6CCN5C3(C)C)OC([C@H](O)C(C)(C)O)C[C@H]7C)C2)C1. The molecule has 3 saturated carbocycles. The van der Waals surface area contributed by atoms with Crippen molar-refractivity contribution in [3.05, 3.63) is 0 Å². The molecule has 0 radical (unpaired) electrons. The summed E-state index contributed by atoms with van der Waals surface area (Å²) >= 11 is 0. The maximum atomic E-state index is 11.7. The van der Waals surface area contributed by atoms with E-state index >= 15 is 0 Å². The molecule has 0 bridgehead atoms. The Kier molecular flexibility index (Phi) is 7.53. The van der Waals surface area contributed by atoms with Crippen LogP contribution >= 0.6 is 0 Å². The molecule has 8 rings (SSSR count). The number of amides is 1. The number of carbonyl (C=O) groups is 1. The Bertz CT molecular complexity index is 1270. The average molecular weight is 658 g/mol. The maximum absolute atomic E-state index is 11.7. The summed E-state index contributed by atoms with van der Waals surface area (Å²) in [5.41, 5.74) is -0.161. The monoisotopic (exact) mass is 657 g/mol. The van der Waals surface area contributed by atoms with Gasteiger partial charge in [0.2, 0.25) is 5.91 Å². The van der Waals surface area contributed by atoms with Gasteiger partial charge in [0.25, 0.3) is 0 Å². The minimum Gasteiger partial charge on any atom is -0.388 e. The fourth-order valence-electron chi connectivity index (χ4n) is 13.7. The van der Waals surface area contributed by atoms with Crippen LogP contribution in [0.1, 0.15) is 107 Å². The van der Waals surface area contributed by atoms with Gasteiger partial charge in [-0.15, -0.1) is 0 Å². The van der Waals surface area contributed by atoms with Gasteiger partial charge in [-0.1, -0.05) is 20.8 Å². The van der Waals surface area contributed by atoms with Crippen LogP contribution in [0.3, 0.4) is 0 Å². The molecule has 9 heteroatoms. The number of rotatable bonds is 5. The van der Waals surface area contributed by atoms with E-state index in [2.05, 4.69) is 44.4 Å². The van der Waals surface area contributed by atoms with Crippen LogP contribution in [0.15, 0.2) is 0 Å². The lowest BCUT2D eigenvalue weighted by atomic mass is 9.45. The van der Waals surface area contributed by atoms with Crippen molar-refractivity contribution in [3.63, 3.8) is 0 Å². The molecule has 8 aliphatic rings. The zero-order chi connectivity index (χ0) is 33.5. The highest BCUT2D eigenvalue weighted by atomic mass is 16.7. The maximum Gasteiger partial charge on any atom is 0.219 e. The number of aliphatic hydroxyl groups is 2. The van der Waals surface area contributed by atoms with E-state index in [1.54, 1.807) is 20.8 Å². The fraction of sp³-hybridized carbons (Fsp3) is 0.974. The van der Waals surface area contributed by atoms with Crippen molar-refractivity contribution in [1.82, 2.24) is 14.7 Å². The second-order valence-corrected chi connectivity index (χ2v) is 19.1. The summed E-state index contributed by atoms with van der Waals surface area (Å²) in [6, 6.07) is 0.422. The molecule has 2 spiro atoms. The highest BCUT2D eigenvalue weighted by molar-refractivity contribution is 5.74. The predicted molar refractivity (Wildman–Crippen MR) is 178 cm³/mol. The number of hydrogen-bond donors (Lipinski definition) is 2. The van der Waals surface area contributed by atoms with Crippen LogP contribution in [0, 0.1) is 34.0 Å². The van der Waals surface area contributed by atoms with Crippen LogP contribution in [0.2, 0.25) is 0 Å². The van der Waals surface area contributed by atoms with E-state index in [9.17, 15) is 15.0 Å². The van der Waals surface area contributed by atoms with Crippen molar-refractivity contribution in [2.45, 2.75) is 160 Å². The van der Waals surface area contributed by atoms with Gasteiger partial charge in [-0.25, -0.2) is 0 Å². The number of hydrogen-bond acceptors (Lipinski definition) is 8. The lowest BCUT2D eigenvalue weighted by Crippen LogP contribution is -2.69. The van der Waals surface area contributed by atoms with Gasteiger partial charge in [0.1, 0.15) is 6.10 Å². The molecule has 2 N–H and O–H groups in total. The minimum absolute atomic E-state index is 0.0658. The van der Waals surface area contributed by atoms with Crippen LogP contribution < -0.4 is 0 Å². The molecule has 1 amide bonds. The Labute approximate surface area is 283 Å². The highest BCUT2D eigenvalue weighted by Gasteiger charge is 2.83. The third-order valence-corrected chi connectivity index (χ3v) is 16.3. The van der Waals surface area contributed by atoms with E-state index in [1.165, 1.54) is 32.1 Å². The van der Waals surface area contributed by atoms with E-state index in [0.717, 1.165) is 52.0 Å². The first kappa shape index (κ1) is 33.3. The molecule has 0 aromatic heterocycles. The lowest BCUT2D eigenvalue weighted by molar-refractivity contribution is -0.251. The number of nitrogens with zero attached hydrogens (tertiary/aromatic N) is 3. The van der Waals surface area contributed by atoms with Gasteiger partial charge in [0, 0.05) is 43.7 Å². The first-order chi connectivity index (χ1) is 22.0. The summed E-state index contributed by atoms with van der Waals surface area (Å²) in [6.45, 7) is 22.7. The number of piperidine rings is 2. The van der Waals surface area contributed by atoms with E-state index in [0.29, 0.717) is 35.8 Å². The molecular weight excluding hydrogens is 594 g/mol. The number of carbonyl (C=O) groups excluding carboxylic acids is 1. The third-order valence-electron chi connectivity index (χ3n) is 16.3. The summed E-state index contributed by atoms with van der Waals surface area (Å²) in [6.07, 6.45) is 8.21. The molecule has 5 saturated heterocycles. The second-order valence-electron chi connectivity index (χ2n) is 19.1. The average Bonchev–Trinajstić information content (AvgIpc) is 3.56. The van der Waals surface area contributed by atoms with Crippen LogP contribution in [0.25, 0.3) is 0 Å².